The van der Waals surface area contributed by atoms with Crippen molar-refractivity contribution in [1.29, 1.82) is 5.26 Å². The Hall–Kier alpha value is -1.88. The van der Waals surface area contributed by atoms with Crippen LogP contribution in [0.15, 0.2) is 35.5 Å². The second kappa shape index (κ2) is 5.40. The topological polar surface area (TPSA) is 98.6 Å². The largest absolute Gasteiger partial charge is 0.347 e. The Kier molecular flexibility index (Phi) is 3.85. The first-order chi connectivity index (χ1) is 9.03. The fourth-order valence-corrected chi connectivity index (χ4v) is 2.70. The van der Waals surface area contributed by atoms with E-state index in [1.807, 2.05) is 6.07 Å². The lowest BCUT2D eigenvalue weighted by Crippen LogP contribution is -2.23. The molecular formula is C11H9ClN4O2S. The van der Waals surface area contributed by atoms with E-state index >= 15 is 0 Å². The normalized spacial score (nSPS) is 11.2. The Morgan fingerprint density at radius 1 is 1.47 bits per heavy atom. The zero-order chi connectivity index (χ0) is 13.9. The van der Waals surface area contributed by atoms with Crippen molar-refractivity contribution in [2.45, 2.75) is 11.4 Å². The van der Waals surface area contributed by atoms with Gasteiger partial charge >= 0.3 is 0 Å². The smallest absolute Gasteiger partial charge is 0.241 e. The number of nitriles is 1. The van der Waals surface area contributed by atoms with Gasteiger partial charge in [0.25, 0.3) is 0 Å². The van der Waals surface area contributed by atoms with Crippen LogP contribution >= 0.6 is 11.6 Å². The summed E-state index contributed by atoms with van der Waals surface area (Å²) < 4.78 is 26.3. The summed E-state index contributed by atoms with van der Waals surface area (Å²) in [6.07, 6.45) is 3.13. The molecule has 0 bridgehead atoms. The third-order valence-corrected chi connectivity index (χ3v) is 4.07. The van der Waals surface area contributed by atoms with Crippen LogP contribution in [-0.2, 0) is 16.6 Å². The van der Waals surface area contributed by atoms with Crippen LogP contribution in [0, 0.1) is 11.3 Å². The predicted molar refractivity (Wildman–Crippen MR) is 68.8 cm³/mol. The van der Waals surface area contributed by atoms with Gasteiger partial charge in [-0.1, -0.05) is 11.6 Å². The van der Waals surface area contributed by atoms with Crippen molar-refractivity contribution in [3.05, 3.63) is 47.0 Å². The highest BCUT2D eigenvalue weighted by Gasteiger charge is 2.15. The molecule has 1 aromatic carbocycles. The fourth-order valence-electron chi connectivity index (χ4n) is 1.40. The van der Waals surface area contributed by atoms with Crippen LogP contribution in [0.2, 0.25) is 5.02 Å². The molecule has 98 valence electrons. The summed E-state index contributed by atoms with van der Waals surface area (Å²) in [6.45, 7) is 0.0486. The highest BCUT2D eigenvalue weighted by molar-refractivity contribution is 7.89. The number of benzene rings is 1. The number of halogens is 1. The summed E-state index contributed by atoms with van der Waals surface area (Å²) >= 11 is 5.80. The van der Waals surface area contributed by atoms with E-state index in [9.17, 15) is 8.42 Å². The van der Waals surface area contributed by atoms with Crippen LogP contribution in [0.5, 0.6) is 0 Å². The van der Waals surface area contributed by atoms with Gasteiger partial charge in [0, 0.05) is 12.4 Å². The lowest BCUT2D eigenvalue weighted by atomic mass is 10.2. The first-order valence-corrected chi connectivity index (χ1v) is 7.06. The fraction of sp³-hybridized carbons (Fsp3) is 0.0909. The van der Waals surface area contributed by atoms with Crippen molar-refractivity contribution in [2.24, 2.45) is 0 Å². The van der Waals surface area contributed by atoms with Crippen LogP contribution in [0.25, 0.3) is 0 Å². The zero-order valence-electron chi connectivity index (χ0n) is 9.59. The standard InChI is InChI=1S/C11H9ClN4O2S/c12-10-5-9(2-1-8(10)6-13)19(17,18)16-7-11-14-3-4-15-11/h1-5,16H,7H2,(H,14,15). The molecule has 6 nitrogen and oxygen atoms in total. The second-order valence-corrected chi connectivity index (χ2v) is 5.79. The van der Waals surface area contributed by atoms with Gasteiger partial charge in [0.05, 0.1) is 22.0 Å². The molecule has 0 aliphatic rings. The van der Waals surface area contributed by atoms with E-state index in [0.29, 0.717) is 5.82 Å². The number of hydrogen-bond donors (Lipinski definition) is 2. The molecule has 0 atom stereocenters. The van der Waals surface area contributed by atoms with Crippen molar-refractivity contribution in [3.63, 3.8) is 0 Å². The van der Waals surface area contributed by atoms with Crippen molar-refractivity contribution < 1.29 is 8.42 Å². The van der Waals surface area contributed by atoms with E-state index in [1.54, 1.807) is 6.20 Å². The average molecular weight is 297 g/mol. The Balaban J connectivity index is 2.20. The van der Waals surface area contributed by atoms with Crippen molar-refractivity contribution in [3.8, 4) is 6.07 Å². The Bertz CT molecular complexity index is 720. The SMILES string of the molecule is N#Cc1ccc(S(=O)(=O)NCc2ncc[nH]2)cc1Cl. The number of sulfonamides is 1. The molecule has 0 unspecified atom stereocenters. The van der Waals surface area contributed by atoms with Crippen molar-refractivity contribution in [2.75, 3.05) is 0 Å². The number of imidazole rings is 1. The third-order valence-electron chi connectivity index (χ3n) is 2.36. The quantitative estimate of drug-likeness (QED) is 0.891. The van der Waals surface area contributed by atoms with Gasteiger partial charge in [-0.3, -0.25) is 0 Å². The number of nitrogens with zero attached hydrogens (tertiary/aromatic N) is 2. The number of rotatable bonds is 4. The Morgan fingerprint density at radius 3 is 2.84 bits per heavy atom. The highest BCUT2D eigenvalue weighted by atomic mass is 35.5. The average Bonchev–Trinajstić information content (AvgIpc) is 2.89. The van der Waals surface area contributed by atoms with E-state index in [1.165, 1.54) is 24.4 Å². The molecule has 0 amide bonds. The van der Waals surface area contributed by atoms with Gasteiger partial charge in [0.2, 0.25) is 10.0 Å². The molecule has 0 aliphatic carbocycles. The maximum atomic E-state index is 12.0. The van der Waals surface area contributed by atoms with E-state index < -0.39 is 10.0 Å². The third kappa shape index (κ3) is 3.12. The molecular weight excluding hydrogens is 288 g/mol. The van der Waals surface area contributed by atoms with Crippen molar-refractivity contribution in [1.82, 2.24) is 14.7 Å². The number of H-pyrrole nitrogens is 1. The zero-order valence-corrected chi connectivity index (χ0v) is 11.2. The van der Waals surface area contributed by atoms with Gasteiger partial charge in [0.15, 0.2) is 0 Å². The van der Waals surface area contributed by atoms with Crippen molar-refractivity contribution >= 4 is 21.6 Å². The van der Waals surface area contributed by atoms with Gasteiger partial charge in [-0.15, -0.1) is 0 Å². The molecule has 19 heavy (non-hydrogen) atoms. The first kappa shape index (κ1) is 13.5. The lowest BCUT2D eigenvalue weighted by molar-refractivity contribution is 0.579. The number of aromatic nitrogens is 2. The molecule has 2 rings (SSSR count). The molecule has 0 saturated carbocycles. The van der Waals surface area contributed by atoms with Crippen LogP contribution in [0.1, 0.15) is 11.4 Å². The molecule has 0 fully saturated rings. The van der Waals surface area contributed by atoms with Crippen LogP contribution in [0.3, 0.4) is 0 Å². The molecule has 2 N–H and O–H groups in total. The molecule has 1 heterocycles. The van der Waals surface area contributed by atoms with E-state index in [0.717, 1.165) is 0 Å². The molecule has 0 spiro atoms. The second-order valence-electron chi connectivity index (χ2n) is 3.61. The lowest BCUT2D eigenvalue weighted by Gasteiger charge is -2.06. The molecule has 1 aromatic heterocycles. The maximum Gasteiger partial charge on any atom is 0.241 e. The van der Waals surface area contributed by atoms with Gasteiger partial charge in [0.1, 0.15) is 11.9 Å². The van der Waals surface area contributed by atoms with Gasteiger partial charge in [-0.2, -0.15) is 5.26 Å². The minimum absolute atomic E-state index is 0.00283. The minimum Gasteiger partial charge on any atom is -0.347 e. The Morgan fingerprint density at radius 2 is 2.26 bits per heavy atom. The van der Waals surface area contributed by atoms with E-state index in [4.69, 9.17) is 16.9 Å². The van der Waals surface area contributed by atoms with E-state index in [-0.39, 0.29) is 22.0 Å². The number of hydrogen-bond acceptors (Lipinski definition) is 4. The monoisotopic (exact) mass is 296 g/mol. The molecule has 2 aromatic rings. The number of nitrogens with one attached hydrogen (secondary N) is 2. The van der Waals surface area contributed by atoms with Crippen LogP contribution < -0.4 is 4.72 Å². The molecule has 8 heteroatoms. The summed E-state index contributed by atoms with van der Waals surface area (Å²) in [7, 11) is -3.69. The minimum atomic E-state index is -3.69. The van der Waals surface area contributed by atoms with E-state index in [2.05, 4.69) is 14.7 Å². The molecule has 0 radical (unpaired) electrons. The summed E-state index contributed by atoms with van der Waals surface area (Å²) in [5.41, 5.74) is 0.228. The van der Waals surface area contributed by atoms with Gasteiger partial charge in [-0.05, 0) is 18.2 Å². The molecule has 0 aliphatic heterocycles. The predicted octanol–water partition coefficient (Wildman–Crippen LogP) is 1.41. The van der Waals surface area contributed by atoms with Crippen LogP contribution in [0.4, 0.5) is 0 Å². The maximum absolute atomic E-state index is 12.0. The van der Waals surface area contributed by atoms with Gasteiger partial charge < -0.3 is 4.98 Å². The summed E-state index contributed by atoms with van der Waals surface area (Å²) in [5.74, 6) is 0.503. The first-order valence-electron chi connectivity index (χ1n) is 5.20. The summed E-state index contributed by atoms with van der Waals surface area (Å²) in [6, 6.07) is 5.80. The van der Waals surface area contributed by atoms with Crippen LogP contribution in [-0.4, -0.2) is 18.4 Å². The molecule has 0 saturated heterocycles. The highest BCUT2D eigenvalue weighted by Crippen LogP contribution is 2.20. The Labute approximate surface area is 115 Å². The summed E-state index contributed by atoms with van der Waals surface area (Å²) in [4.78, 5) is 6.69. The van der Waals surface area contributed by atoms with Gasteiger partial charge in [-0.25, -0.2) is 18.1 Å². The summed E-state index contributed by atoms with van der Waals surface area (Å²) in [5, 5.41) is 8.83. The number of aromatic amines is 1.